The van der Waals surface area contributed by atoms with E-state index >= 15 is 0 Å². The smallest absolute Gasteiger partial charge is 0.225 e. The maximum atomic E-state index is 13.0. The van der Waals surface area contributed by atoms with Gasteiger partial charge in [-0.2, -0.15) is 0 Å². The average molecular weight is 408 g/mol. The SMILES string of the molecule is O=C(NC1CS(=O)(=O)CC1N1CCCCC1)C1CCCN(c2cnccn2)C1. The predicted molar refractivity (Wildman–Crippen MR) is 107 cm³/mol. The van der Waals surface area contributed by atoms with Crippen LogP contribution in [0, 0.1) is 5.92 Å². The monoisotopic (exact) mass is 407 g/mol. The van der Waals surface area contributed by atoms with Gasteiger partial charge in [0.25, 0.3) is 0 Å². The maximum absolute atomic E-state index is 13.0. The second kappa shape index (κ2) is 8.32. The van der Waals surface area contributed by atoms with Gasteiger partial charge >= 0.3 is 0 Å². The number of anilines is 1. The van der Waals surface area contributed by atoms with Crippen LogP contribution >= 0.6 is 0 Å². The first-order valence-corrected chi connectivity index (χ1v) is 12.1. The highest BCUT2D eigenvalue weighted by molar-refractivity contribution is 7.91. The summed E-state index contributed by atoms with van der Waals surface area (Å²) in [7, 11) is -3.11. The highest BCUT2D eigenvalue weighted by atomic mass is 32.2. The van der Waals surface area contributed by atoms with E-state index in [9.17, 15) is 13.2 Å². The van der Waals surface area contributed by atoms with Gasteiger partial charge in [-0.1, -0.05) is 6.42 Å². The van der Waals surface area contributed by atoms with Crippen LogP contribution in [0.15, 0.2) is 18.6 Å². The van der Waals surface area contributed by atoms with Crippen molar-refractivity contribution in [1.82, 2.24) is 20.2 Å². The number of likely N-dealkylation sites (tertiary alicyclic amines) is 1. The first kappa shape index (κ1) is 19.6. The standard InChI is InChI=1S/C19H29N5O3S/c25-19(15-5-4-10-24(12-15)18-11-20-6-7-21-18)22-16-13-28(26,27)14-17(16)23-8-2-1-3-9-23/h6-7,11,15-17H,1-5,8-10,12-14H2,(H,22,25). The largest absolute Gasteiger partial charge is 0.355 e. The minimum Gasteiger partial charge on any atom is -0.355 e. The van der Waals surface area contributed by atoms with Gasteiger partial charge in [0.1, 0.15) is 5.82 Å². The van der Waals surface area contributed by atoms with Crippen LogP contribution in [-0.4, -0.2) is 79.0 Å². The number of nitrogens with one attached hydrogen (secondary N) is 1. The van der Waals surface area contributed by atoms with E-state index < -0.39 is 9.84 Å². The molecule has 1 aromatic rings. The molecular weight excluding hydrogens is 378 g/mol. The quantitative estimate of drug-likeness (QED) is 0.775. The summed E-state index contributed by atoms with van der Waals surface area (Å²) in [5, 5.41) is 3.10. The molecule has 28 heavy (non-hydrogen) atoms. The van der Waals surface area contributed by atoms with E-state index in [1.54, 1.807) is 18.6 Å². The van der Waals surface area contributed by atoms with Crippen LogP contribution in [-0.2, 0) is 14.6 Å². The highest BCUT2D eigenvalue weighted by Crippen LogP contribution is 2.25. The van der Waals surface area contributed by atoms with E-state index in [2.05, 4.69) is 25.1 Å². The van der Waals surface area contributed by atoms with Gasteiger partial charge in [-0.05, 0) is 38.8 Å². The van der Waals surface area contributed by atoms with Gasteiger partial charge in [-0.3, -0.25) is 14.7 Å². The lowest BCUT2D eigenvalue weighted by atomic mass is 9.96. The van der Waals surface area contributed by atoms with E-state index in [0.717, 1.165) is 51.1 Å². The van der Waals surface area contributed by atoms with Crippen molar-refractivity contribution in [2.24, 2.45) is 5.92 Å². The van der Waals surface area contributed by atoms with Gasteiger partial charge in [0.05, 0.1) is 29.7 Å². The van der Waals surface area contributed by atoms with Crippen molar-refractivity contribution in [3.63, 3.8) is 0 Å². The van der Waals surface area contributed by atoms with Crippen molar-refractivity contribution in [2.45, 2.75) is 44.2 Å². The Morgan fingerprint density at radius 1 is 1.07 bits per heavy atom. The molecule has 8 nitrogen and oxygen atoms in total. The lowest BCUT2D eigenvalue weighted by Gasteiger charge is -2.36. The zero-order chi connectivity index (χ0) is 19.6. The summed E-state index contributed by atoms with van der Waals surface area (Å²) in [4.78, 5) is 25.8. The fraction of sp³-hybridized carbons (Fsp3) is 0.737. The number of piperidine rings is 2. The van der Waals surface area contributed by atoms with Crippen LogP contribution in [0.3, 0.4) is 0 Å². The van der Waals surface area contributed by atoms with Crippen molar-refractivity contribution in [1.29, 1.82) is 0 Å². The summed E-state index contributed by atoms with van der Waals surface area (Å²) < 4.78 is 24.6. The Bertz CT molecular complexity index is 782. The number of nitrogens with zero attached hydrogens (tertiary/aromatic N) is 4. The lowest BCUT2D eigenvalue weighted by molar-refractivity contribution is -0.126. The lowest BCUT2D eigenvalue weighted by Crippen LogP contribution is -2.54. The number of sulfone groups is 1. The molecule has 0 bridgehead atoms. The molecule has 3 unspecified atom stereocenters. The third-order valence-corrected chi connectivity index (χ3v) is 7.89. The molecule has 0 aliphatic carbocycles. The number of rotatable bonds is 4. The summed E-state index contributed by atoms with van der Waals surface area (Å²) in [5.74, 6) is 0.822. The zero-order valence-corrected chi connectivity index (χ0v) is 17.0. The number of aromatic nitrogens is 2. The Labute approximate surface area is 166 Å². The van der Waals surface area contributed by atoms with Gasteiger partial charge < -0.3 is 10.2 Å². The Morgan fingerprint density at radius 2 is 1.89 bits per heavy atom. The highest BCUT2D eigenvalue weighted by Gasteiger charge is 2.42. The molecule has 3 fully saturated rings. The molecule has 3 aliphatic heterocycles. The predicted octanol–water partition coefficient (Wildman–Crippen LogP) is 0.461. The third-order valence-electron chi connectivity index (χ3n) is 6.18. The molecule has 3 atom stereocenters. The summed E-state index contributed by atoms with van der Waals surface area (Å²) in [6.45, 7) is 3.31. The molecule has 9 heteroatoms. The minimum atomic E-state index is -3.11. The summed E-state index contributed by atoms with van der Waals surface area (Å²) in [5.41, 5.74) is 0. The van der Waals surface area contributed by atoms with Crippen LogP contribution in [0.2, 0.25) is 0 Å². The van der Waals surface area contributed by atoms with Crippen LogP contribution in [0.5, 0.6) is 0 Å². The molecule has 0 spiro atoms. The van der Waals surface area contributed by atoms with E-state index in [0.29, 0.717) is 6.54 Å². The normalized spacial score (nSPS) is 30.9. The first-order chi connectivity index (χ1) is 13.5. The van der Waals surface area contributed by atoms with Gasteiger partial charge in [0, 0.05) is 31.5 Å². The topological polar surface area (TPSA) is 95.5 Å². The van der Waals surface area contributed by atoms with Gasteiger partial charge in [-0.25, -0.2) is 13.4 Å². The average Bonchev–Trinajstić information content (AvgIpc) is 3.03. The number of amides is 1. The zero-order valence-electron chi connectivity index (χ0n) is 16.2. The van der Waals surface area contributed by atoms with Crippen molar-refractivity contribution in [3.8, 4) is 0 Å². The molecule has 3 saturated heterocycles. The fourth-order valence-corrected chi connectivity index (χ4v) is 6.68. The molecule has 4 heterocycles. The molecule has 154 valence electrons. The Hall–Kier alpha value is -1.74. The second-order valence-corrected chi connectivity index (χ2v) is 10.4. The maximum Gasteiger partial charge on any atom is 0.225 e. The third kappa shape index (κ3) is 4.46. The van der Waals surface area contributed by atoms with E-state index in [-0.39, 0.29) is 35.4 Å². The number of hydrogen-bond donors (Lipinski definition) is 1. The molecule has 3 aliphatic rings. The van der Waals surface area contributed by atoms with Crippen LogP contribution in [0.1, 0.15) is 32.1 Å². The van der Waals surface area contributed by atoms with Crippen molar-refractivity contribution in [3.05, 3.63) is 18.6 Å². The Morgan fingerprint density at radius 3 is 2.64 bits per heavy atom. The number of carbonyl (C=O) groups excluding carboxylic acids is 1. The van der Waals surface area contributed by atoms with E-state index in [1.165, 1.54) is 6.42 Å². The second-order valence-electron chi connectivity index (χ2n) is 8.20. The van der Waals surface area contributed by atoms with E-state index in [1.807, 2.05) is 0 Å². The molecule has 0 radical (unpaired) electrons. The number of hydrogen-bond acceptors (Lipinski definition) is 7. The van der Waals surface area contributed by atoms with E-state index in [4.69, 9.17) is 0 Å². The van der Waals surface area contributed by atoms with Gasteiger partial charge in [0.15, 0.2) is 9.84 Å². The summed E-state index contributed by atoms with van der Waals surface area (Å²) in [6, 6.07) is -0.392. The van der Waals surface area contributed by atoms with Crippen molar-refractivity contribution < 1.29 is 13.2 Å². The summed E-state index contributed by atoms with van der Waals surface area (Å²) >= 11 is 0. The molecule has 1 aromatic heterocycles. The molecule has 1 amide bonds. The molecular formula is C19H29N5O3S. The van der Waals surface area contributed by atoms with Crippen LogP contribution in [0.4, 0.5) is 5.82 Å². The van der Waals surface area contributed by atoms with Gasteiger partial charge in [0.2, 0.25) is 5.91 Å². The van der Waals surface area contributed by atoms with Gasteiger partial charge in [-0.15, -0.1) is 0 Å². The summed E-state index contributed by atoms with van der Waals surface area (Å²) in [6.07, 6.45) is 10.2. The van der Waals surface area contributed by atoms with Crippen molar-refractivity contribution in [2.75, 3.05) is 42.6 Å². The van der Waals surface area contributed by atoms with Crippen LogP contribution < -0.4 is 10.2 Å². The molecule has 4 rings (SSSR count). The molecule has 0 saturated carbocycles. The van der Waals surface area contributed by atoms with Crippen molar-refractivity contribution >= 4 is 21.6 Å². The Kier molecular flexibility index (Phi) is 5.82. The van der Waals surface area contributed by atoms with Crippen LogP contribution in [0.25, 0.3) is 0 Å². The Balaban J connectivity index is 1.41. The molecule has 1 N–H and O–H groups in total. The number of carbonyl (C=O) groups is 1. The molecule has 0 aromatic carbocycles. The first-order valence-electron chi connectivity index (χ1n) is 10.3. The fourth-order valence-electron chi connectivity index (χ4n) is 4.73. The minimum absolute atomic E-state index is 0.0299.